The van der Waals surface area contributed by atoms with Crippen molar-refractivity contribution in [3.05, 3.63) is 28.8 Å². The van der Waals surface area contributed by atoms with Crippen LogP contribution in [0, 0.1) is 5.92 Å². The lowest BCUT2D eigenvalue weighted by Crippen LogP contribution is -2.28. The van der Waals surface area contributed by atoms with Gasteiger partial charge >= 0.3 is 0 Å². The molecule has 106 valence electrons. The van der Waals surface area contributed by atoms with Gasteiger partial charge in [-0.15, -0.1) is 0 Å². The third kappa shape index (κ3) is 5.48. The Balaban J connectivity index is 3.03. The summed E-state index contributed by atoms with van der Waals surface area (Å²) in [4.78, 5) is 12.0. The van der Waals surface area contributed by atoms with E-state index in [-0.39, 0.29) is 17.2 Å². The number of hydrogen-bond acceptors (Lipinski definition) is 3. The highest BCUT2D eigenvalue weighted by atomic mass is 35.5. The van der Waals surface area contributed by atoms with Gasteiger partial charge in [-0.2, -0.15) is 0 Å². The molecule has 2 N–H and O–H groups in total. The molecular formula is C12H17ClN2O3S. The molecule has 0 spiro atoms. The first kappa shape index (κ1) is 15.8. The normalized spacial score (nSPS) is 11.4. The van der Waals surface area contributed by atoms with Crippen LogP contribution in [0.3, 0.4) is 0 Å². The molecular weight excluding hydrogens is 288 g/mol. The summed E-state index contributed by atoms with van der Waals surface area (Å²) in [5.41, 5.74) is 0.423. The molecule has 1 aromatic rings. The zero-order chi connectivity index (χ0) is 14.6. The van der Waals surface area contributed by atoms with E-state index in [1.165, 1.54) is 18.2 Å². The van der Waals surface area contributed by atoms with Crippen LogP contribution in [0.15, 0.2) is 18.2 Å². The summed E-state index contributed by atoms with van der Waals surface area (Å²) < 4.78 is 24.8. The molecule has 1 aromatic carbocycles. The standard InChI is InChI=1S/C12H17ClN2O3S/c1-8(2)7-14-12(16)10-6-9(13)4-5-11(10)15-19(3,17)18/h4-6,8,15H,7H2,1-3H3,(H,14,16). The number of anilines is 1. The molecule has 0 unspecified atom stereocenters. The Bertz CT molecular complexity index is 570. The van der Waals surface area contributed by atoms with Gasteiger partial charge in [0, 0.05) is 11.6 Å². The van der Waals surface area contributed by atoms with Gasteiger partial charge in [-0.25, -0.2) is 8.42 Å². The number of carbonyl (C=O) groups is 1. The minimum absolute atomic E-state index is 0.207. The number of carbonyl (C=O) groups excluding carboxylic acids is 1. The lowest BCUT2D eigenvalue weighted by atomic mass is 10.1. The molecule has 0 atom stereocenters. The summed E-state index contributed by atoms with van der Waals surface area (Å²) >= 11 is 5.84. The second-order valence-electron chi connectivity index (χ2n) is 4.67. The minimum Gasteiger partial charge on any atom is -0.352 e. The molecule has 0 aliphatic heterocycles. The molecule has 19 heavy (non-hydrogen) atoms. The minimum atomic E-state index is -3.45. The van der Waals surface area contributed by atoms with Gasteiger partial charge in [0.05, 0.1) is 17.5 Å². The number of halogens is 1. The van der Waals surface area contributed by atoms with Crippen LogP contribution in [0.25, 0.3) is 0 Å². The predicted molar refractivity (Wildman–Crippen MR) is 77.1 cm³/mol. The van der Waals surface area contributed by atoms with E-state index in [2.05, 4.69) is 10.0 Å². The van der Waals surface area contributed by atoms with Crippen molar-refractivity contribution in [2.24, 2.45) is 5.92 Å². The van der Waals surface area contributed by atoms with Crippen molar-refractivity contribution >= 4 is 33.2 Å². The molecule has 7 heteroatoms. The number of nitrogens with one attached hydrogen (secondary N) is 2. The third-order valence-corrected chi connectivity index (χ3v) is 3.02. The third-order valence-electron chi connectivity index (χ3n) is 2.19. The summed E-state index contributed by atoms with van der Waals surface area (Å²) in [6, 6.07) is 4.42. The first-order valence-electron chi connectivity index (χ1n) is 5.74. The van der Waals surface area contributed by atoms with Crippen molar-refractivity contribution in [1.82, 2.24) is 5.32 Å². The van der Waals surface area contributed by atoms with E-state index in [1.54, 1.807) is 0 Å². The van der Waals surface area contributed by atoms with Crippen LogP contribution in [0.1, 0.15) is 24.2 Å². The van der Waals surface area contributed by atoms with E-state index in [1.807, 2.05) is 13.8 Å². The Morgan fingerprint density at radius 1 is 1.37 bits per heavy atom. The van der Waals surface area contributed by atoms with E-state index in [4.69, 9.17) is 11.6 Å². The van der Waals surface area contributed by atoms with Gasteiger partial charge in [0.1, 0.15) is 0 Å². The fourth-order valence-electron chi connectivity index (χ4n) is 1.39. The van der Waals surface area contributed by atoms with Crippen LogP contribution in [0.5, 0.6) is 0 Å². The second-order valence-corrected chi connectivity index (χ2v) is 6.85. The Morgan fingerprint density at radius 2 is 2.00 bits per heavy atom. The number of benzene rings is 1. The Morgan fingerprint density at radius 3 is 2.53 bits per heavy atom. The van der Waals surface area contributed by atoms with Crippen molar-refractivity contribution in [3.63, 3.8) is 0 Å². The summed E-state index contributed by atoms with van der Waals surface area (Å²) in [6.45, 7) is 4.44. The van der Waals surface area contributed by atoms with Crippen LogP contribution in [-0.2, 0) is 10.0 Å². The van der Waals surface area contributed by atoms with Crippen LogP contribution < -0.4 is 10.0 Å². The van der Waals surface area contributed by atoms with Crippen LogP contribution in [0.2, 0.25) is 5.02 Å². The molecule has 0 fully saturated rings. The number of sulfonamides is 1. The van der Waals surface area contributed by atoms with Crippen LogP contribution in [-0.4, -0.2) is 27.1 Å². The molecule has 1 amide bonds. The molecule has 0 bridgehead atoms. The lowest BCUT2D eigenvalue weighted by molar-refractivity contribution is 0.0950. The first-order valence-corrected chi connectivity index (χ1v) is 8.01. The van der Waals surface area contributed by atoms with Crippen molar-refractivity contribution < 1.29 is 13.2 Å². The Hall–Kier alpha value is -1.27. The fraction of sp³-hybridized carbons (Fsp3) is 0.417. The highest BCUT2D eigenvalue weighted by Crippen LogP contribution is 2.21. The Labute approximate surface area is 118 Å². The molecule has 5 nitrogen and oxygen atoms in total. The van der Waals surface area contributed by atoms with E-state index in [9.17, 15) is 13.2 Å². The molecule has 0 heterocycles. The molecule has 0 aliphatic rings. The zero-order valence-electron chi connectivity index (χ0n) is 11.0. The van der Waals surface area contributed by atoms with Crippen molar-refractivity contribution in [1.29, 1.82) is 0 Å². The van der Waals surface area contributed by atoms with E-state index in [0.717, 1.165) is 6.26 Å². The fourth-order valence-corrected chi connectivity index (χ4v) is 2.13. The van der Waals surface area contributed by atoms with Crippen molar-refractivity contribution in [2.45, 2.75) is 13.8 Å². The quantitative estimate of drug-likeness (QED) is 0.874. The average Bonchev–Trinajstić information content (AvgIpc) is 2.26. The monoisotopic (exact) mass is 304 g/mol. The SMILES string of the molecule is CC(C)CNC(=O)c1cc(Cl)ccc1NS(C)(=O)=O. The van der Waals surface area contributed by atoms with Crippen LogP contribution >= 0.6 is 11.6 Å². The van der Waals surface area contributed by atoms with Crippen LogP contribution in [0.4, 0.5) is 5.69 Å². The molecule has 0 aromatic heterocycles. The van der Waals surface area contributed by atoms with E-state index < -0.39 is 10.0 Å². The van der Waals surface area contributed by atoms with E-state index in [0.29, 0.717) is 17.5 Å². The van der Waals surface area contributed by atoms with Gasteiger partial charge in [-0.1, -0.05) is 25.4 Å². The van der Waals surface area contributed by atoms with Gasteiger partial charge in [-0.05, 0) is 24.1 Å². The maximum Gasteiger partial charge on any atom is 0.253 e. The predicted octanol–water partition coefficient (Wildman–Crippen LogP) is 2.10. The van der Waals surface area contributed by atoms with E-state index >= 15 is 0 Å². The number of amides is 1. The lowest BCUT2D eigenvalue weighted by Gasteiger charge is -2.12. The summed E-state index contributed by atoms with van der Waals surface area (Å²) in [7, 11) is -3.45. The van der Waals surface area contributed by atoms with Gasteiger partial charge in [0.15, 0.2) is 0 Å². The summed E-state index contributed by atoms with van der Waals surface area (Å²) in [5, 5.41) is 3.09. The topological polar surface area (TPSA) is 75.3 Å². The molecule has 0 radical (unpaired) electrons. The van der Waals surface area contributed by atoms with Gasteiger partial charge in [0.2, 0.25) is 10.0 Å². The average molecular weight is 305 g/mol. The first-order chi connectivity index (χ1) is 8.69. The molecule has 0 aliphatic carbocycles. The molecule has 1 rings (SSSR count). The number of rotatable bonds is 5. The Kier molecular flexibility index (Phi) is 5.20. The summed E-state index contributed by atoms with van der Waals surface area (Å²) in [5.74, 6) is -0.0585. The van der Waals surface area contributed by atoms with Crippen molar-refractivity contribution in [3.8, 4) is 0 Å². The second kappa shape index (κ2) is 6.25. The van der Waals surface area contributed by atoms with Gasteiger partial charge in [0.25, 0.3) is 5.91 Å². The smallest absolute Gasteiger partial charge is 0.253 e. The number of hydrogen-bond donors (Lipinski definition) is 2. The largest absolute Gasteiger partial charge is 0.352 e. The van der Waals surface area contributed by atoms with Gasteiger partial charge in [-0.3, -0.25) is 9.52 Å². The highest BCUT2D eigenvalue weighted by molar-refractivity contribution is 7.92. The maximum atomic E-state index is 12.0. The van der Waals surface area contributed by atoms with Crippen molar-refractivity contribution in [2.75, 3.05) is 17.5 Å². The zero-order valence-corrected chi connectivity index (χ0v) is 12.6. The van der Waals surface area contributed by atoms with Gasteiger partial charge < -0.3 is 5.32 Å². The summed E-state index contributed by atoms with van der Waals surface area (Å²) in [6.07, 6.45) is 1.03. The highest BCUT2D eigenvalue weighted by Gasteiger charge is 2.14. The molecule has 0 saturated carbocycles. The molecule has 0 saturated heterocycles. The maximum absolute atomic E-state index is 12.0.